The highest BCUT2D eigenvalue weighted by Gasteiger charge is 1.81. The zero-order chi connectivity index (χ0) is 7.11. The van der Waals surface area contributed by atoms with E-state index in [1.165, 1.54) is 12.2 Å². The van der Waals surface area contributed by atoms with Crippen molar-refractivity contribution in [2.24, 2.45) is 0 Å². The summed E-state index contributed by atoms with van der Waals surface area (Å²) in [7, 11) is 0. The summed E-state index contributed by atoms with van der Waals surface area (Å²) in [5.41, 5.74) is 0.516. The van der Waals surface area contributed by atoms with Crippen molar-refractivity contribution in [3.8, 4) is 0 Å². The van der Waals surface area contributed by atoms with Crippen LogP contribution in [0.15, 0.2) is 23.8 Å². The second-order valence-electron chi connectivity index (χ2n) is 1.40. The van der Waals surface area contributed by atoms with Crippen LogP contribution in [0.5, 0.6) is 0 Å². The highest BCUT2D eigenvalue weighted by atomic mass is 16.1. The molecule has 0 amide bonds. The van der Waals surface area contributed by atoms with Crippen LogP contribution in [0, 0.1) is 0 Å². The van der Waals surface area contributed by atoms with Crippen LogP contribution in [0.1, 0.15) is 6.92 Å². The van der Waals surface area contributed by atoms with Crippen molar-refractivity contribution in [1.29, 1.82) is 0 Å². The summed E-state index contributed by atoms with van der Waals surface area (Å²) < 4.78 is 0. The minimum atomic E-state index is 0.516. The van der Waals surface area contributed by atoms with E-state index in [9.17, 15) is 9.59 Å². The molecule has 0 bridgehead atoms. The summed E-state index contributed by atoms with van der Waals surface area (Å²) >= 11 is 0. The molecule has 0 rings (SSSR count). The topological polar surface area (TPSA) is 34.1 Å². The third kappa shape index (κ3) is 3.41. The molecular formula is C7H8O2. The highest BCUT2D eigenvalue weighted by Crippen LogP contribution is 1.88. The quantitative estimate of drug-likeness (QED) is 0.318. The van der Waals surface area contributed by atoms with Gasteiger partial charge in [0.15, 0.2) is 0 Å². The SMILES string of the molecule is C/C=C(C=O)\C=C/C=O. The zero-order valence-corrected chi connectivity index (χ0v) is 5.20. The van der Waals surface area contributed by atoms with Gasteiger partial charge in [-0.25, -0.2) is 0 Å². The molecule has 0 atom stereocenters. The van der Waals surface area contributed by atoms with Gasteiger partial charge in [-0.05, 0) is 19.1 Å². The number of carbonyl (C=O) groups is 2. The Bertz CT molecular complexity index is 154. The van der Waals surface area contributed by atoms with Gasteiger partial charge in [0.1, 0.15) is 12.6 Å². The Kier molecular flexibility index (Phi) is 4.32. The number of hydrogen-bond donors (Lipinski definition) is 0. The molecule has 0 aliphatic rings. The molecule has 0 heterocycles. The van der Waals surface area contributed by atoms with Gasteiger partial charge in [0.25, 0.3) is 0 Å². The van der Waals surface area contributed by atoms with Gasteiger partial charge in [-0.15, -0.1) is 0 Å². The smallest absolute Gasteiger partial charge is 0.149 e. The zero-order valence-electron chi connectivity index (χ0n) is 5.20. The largest absolute Gasteiger partial charge is 0.299 e. The monoisotopic (exact) mass is 124 g/mol. The van der Waals surface area contributed by atoms with E-state index in [1.54, 1.807) is 13.0 Å². The lowest BCUT2D eigenvalue weighted by Crippen LogP contribution is -1.76. The predicted molar refractivity (Wildman–Crippen MR) is 35.0 cm³/mol. The molecule has 0 aliphatic carbocycles. The van der Waals surface area contributed by atoms with Crippen molar-refractivity contribution in [3.05, 3.63) is 23.8 Å². The maximum Gasteiger partial charge on any atom is 0.149 e. The lowest BCUT2D eigenvalue weighted by Gasteiger charge is -1.80. The molecule has 2 heteroatoms. The van der Waals surface area contributed by atoms with Crippen LogP contribution in [-0.4, -0.2) is 12.6 Å². The summed E-state index contributed by atoms with van der Waals surface area (Å²) in [4.78, 5) is 19.7. The summed E-state index contributed by atoms with van der Waals surface area (Å²) in [6.45, 7) is 1.73. The van der Waals surface area contributed by atoms with Gasteiger partial charge in [-0.2, -0.15) is 0 Å². The molecule has 0 saturated heterocycles. The molecule has 0 fully saturated rings. The molecule has 2 nitrogen and oxygen atoms in total. The first-order valence-corrected chi connectivity index (χ1v) is 2.58. The first kappa shape index (κ1) is 7.82. The maximum absolute atomic E-state index is 10.0. The minimum absolute atomic E-state index is 0.516. The second kappa shape index (κ2) is 4.97. The van der Waals surface area contributed by atoms with E-state index in [2.05, 4.69) is 0 Å². The molecule has 0 aromatic carbocycles. The van der Waals surface area contributed by atoms with Crippen LogP contribution < -0.4 is 0 Å². The van der Waals surface area contributed by atoms with E-state index in [0.29, 0.717) is 18.1 Å². The summed E-state index contributed by atoms with van der Waals surface area (Å²) in [5, 5.41) is 0. The van der Waals surface area contributed by atoms with E-state index in [1.807, 2.05) is 0 Å². The first-order valence-electron chi connectivity index (χ1n) is 2.58. The molecule has 0 saturated carbocycles. The molecule has 0 aliphatic heterocycles. The fourth-order valence-electron chi connectivity index (χ4n) is 0.354. The maximum atomic E-state index is 10.0. The average molecular weight is 124 g/mol. The van der Waals surface area contributed by atoms with Crippen LogP contribution in [0.2, 0.25) is 0 Å². The fourth-order valence-corrected chi connectivity index (χ4v) is 0.354. The van der Waals surface area contributed by atoms with E-state index in [-0.39, 0.29) is 0 Å². The minimum Gasteiger partial charge on any atom is -0.299 e. The van der Waals surface area contributed by atoms with Crippen LogP contribution >= 0.6 is 0 Å². The predicted octanol–water partition coefficient (Wildman–Crippen LogP) is 0.887. The van der Waals surface area contributed by atoms with E-state index in [4.69, 9.17) is 0 Å². The molecule has 0 radical (unpaired) electrons. The Hall–Kier alpha value is -1.18. The van der Waals surface area contributed by atoms with E-state index < -0.39 is 0 Å². The Balaban J connectivity index is 3.99. The molecule has 0 aromatic rings. The molecule has 9 heavy (non-hydrogen) atoms. The molecule has 48 valence electrons. The third-order valence-corrected chi connectivity index (χ3v) is 0.837. The Morgan fingerprint density at radius 2 is 2.00 bits per heavy atom. The molecule has 0 spiro atoms. The lowest BCUT2D eigenvalue weighted by molar-refractivity contribution is -0.104. The number of carbonyl (C=O) groups excluding carboxylic acids is 2. The number of hydrogen-bond acceptors (Lipinski definition) is 2. The number of rotatable bonds is 3. The van der Waals surface area contributed by atoms with Crippen molar-refractivity contribution in [2.45, 2.75) is 6.92 Å². The summed E-state index contributed by atoms with van der Waals surface area (Å²) in [5.74, 6) is 0. The molecule has 0 unspecified atom stereocenters. The Morgan fingerprint density at radius 1 is 1.33 bits per heavy atom. The van der Waals surface area contributed by atoms with Crippen LogP contribution in [0.3, 0.4) is 0 Å². The second-order valence-corrected chi connectivity index (χ2v) is 1.40. The first-order chi connectivity index (χ1) is 4.35. The highest BCUT2D eigenvalue weighted by molar-refractivity contribution is 5.79. The fraction of sp³-hybridized carbons (Fsp3) is 0.143. The average Bonchev–Trinajstić information content (AvgIpc) is 1.91. The molecule has 0 N–H and O–H groups in total. The van der Waals surface area contributed by atoms with Gasteiger partial charge in [-0.3, -0.25) is 9.59 Å². The van der Waals surface area contributed by atoms with Gasteiger partial charge >= 0.3 is 0 Å². The van der Waals surface area contributed by atoms with Crippen LogP contribution in [0.4, 0.5) is 0 Å². The van der Waals surface area contributed by atoms with Crippen molar-refractivity contribution in [2.75, 3.05) is 0 Å². The van der Waals surface area contributed by atoms with E-state index in [0.717, 1.165) is 0 Å². The third-order valence-electron chi connectivity index (χ3n) is 0.837. The van der Waals surface area contributed by atoms with Gasteiger partial charge < -0.3 is 0 Å². The number of aldehydes is 2. The summed E-state index contributed by atoms with van der Waals surface area (Å²) in [6.07, 6.45) is 5.70. The number of allylic oxidation sites excluding steroid dienone is 4. The van der Waals surface area contributed by atoms with Crippen molar-refractivity contribution in [3.63, 3.8) is 0 Å². The van der Waals surface area contributed by atoms with Gasteiger partial charge in [0.05, 0.1) is 0 Å². The standard InChI is InChI=1S/C7H8O2/c1-2-7(6-9)4-3-5-8/h2-6H,1H3/b4-3-,7-2+. The van der Waals surface area contributed by atoms with Gasteiger partial charge in [0, 0.05) is 5.57 Å². The van der Waals surface area contributed by atoms with Crippen LogP contribution in [-0.2, 0) is 9.59 Å². The Labute approximate surface area is 53.9 Å². The van der Waals surface area contributed by atoms with Crippen LogP contribution in [0.25, 0.3) is 0 Å². The lowest BCUT2D eigenvalue weighted by atomic mass is 10.2. The van der Waals surface area contributed by atoms with Gasteiger partial charge in [-0.1, -0.05) is 6.08 Å². The normalized spacial score (nSPS) is 11.9. The van der Waals surface area contributed by atoms with Gasteiger partial charge in [0.2, 0.25) is 0 Å². The molecule has 0 aromatic heterocycles. The van der Waals surface area contributed by atoms with Crippen molar-refractivity contribution < 1.29 is 9.59 Å². The van der Waals surface area contributed by atoms with Crippen molar-refractivity contribution in [1.82, 2.24) is 0 Å². The van der Waals surface area contributed by atoms with Crippen molar-refractivity contribution >= 4 is 12.6 Å². The Morgan fingerprint density at radius 3 is 2.33 bits per heavy atom. The molecular weight excluding hydrogens is 116 g/mol. The van der Waals surface area contributed by atoms with E-state index >= 15 is 0 Å². The summed E-state index contributed by atoms with van der Waals surface area (Å²) in [6, 6.07) is 0.